The lowest BCUT2D eigenvalue weighted by molar-refractivity contribution is 0.296. The first-order valence-electron chi connectivity index (χ1n) is 6.26. The quantitative estimate of drug-likeness (QED) is 0.708. The lowest BCUT2D eigenvalue weighted by atomic mass is 10.1. The van der Waals surface area contributed by atoms with Crippen LogP contribution < -0.4 is 10.5 Å². The first-order chi connectivity index (χ1) is 10.0. The van der Waals surface area contributed by atoms with Crippen LogP contribution in [-0.4, -0.2) is 6.54 Å². The van der Waals surface area contributed by atoms with Gasteiger partial charge in [0.25, 0.3) is 0 Å². The molecule has 2 nitrogen and oxygen atoms in total. The third-order valence-corrected chi connectivity index (χ3v) is 4.29. The number of hydrogen-bond acceptors (Lipinski definition) is 2. The molecule has 0 radical (unpaired) electrons. The van der Waals surface area contributed by atoms with Gasteiger partial charge in [-0.15, -0.1) is 0 Å². The van der Waals surface area contributed by atoms with Gasteiger partial charge in [0.2, 0.25) is 0 Å². The minimum atomic E-state index is -0.380. The maximum atomic E-state index is 13.7. The number of ether oxygens (including phenoxy) is 1. The fourth-order valence-corrected chi connectivity index (χ4v) is 3.52. The molecule has 0 aromatic heterocycles. The van der Waals surface area contributed by atoms with Crippen molar-refractivity contribution in [3.63, 3.8) is 0 Å². The van der Waals surface area contributed by atoms with Crippen LogP contribution >= 0.6 is 43.5 Å². The van der Waals surface area contributed by atoms with E-state index in [9.17, 15) is 4.39 Å². The van der Waals surface area contributed by atoms with Gasteiger partial charge >= 0.3 is 0 Å². The van der Waals surface area contributed by atoms with Crippen LogP contribution in [0.15, 0.2) is 39.3 Å². The van der Waals surface area contributed by atoms with Gasteiger partial charge in [0.05, 0.1) is 8.95 Å². The van der Waals surface area contributed by atoms with Crippen molar-refractivity contribution in [3.05, 3.63) is 61.2 Å². The number of hydrogen-bond donors (Lipinski definition) is 1. The maximum Gasteiger partial charge on any atom is 0.148 e. The van der Waals surface area contributed by atoms with E-state index in [4.69, 9.17) is 22.1 Å². The summed E-state index contributed by atoms with van der Waals surface area (Å²) in [6.45, 7) is 0.700. The molecule has 21 heavy (non-hydrogen) atoms. The van der Waals surface area contributed by atoms with Gasteiger partial charge in [-0.05, 0) is 74.7 Å². The third-order valence-electron chi connectivity index (χ3n) is 2.88. The molecule has 0 bridgehead atoms. The molecule has 112 valence electrons. The van der Waals surface area contributed by atoms with Crippen molar-refractivity contribution < 1.29 is 9.13 Å². The van der Waals surface area contributed by atoms with E-state index < -0.39 is 0 Å². The molecular weight excluding hydrogens is 424 g/mol. The Hall–Kier alpha value is -0.620. The predicted octanol–water partition coefficient (Wildman–Crippen LogP) is 5.08. The lowest BCUT2D eigenvalue weighted by Gasteiger charge is -2.12. The second-order valence-corrected chi connectivity index (χ2v) is 6.60. The van der Waals surface area contributed by atoms with Gasteiger partial charge < -0.3 is 10.5 Å². The van der Waals surface area contributed by atoms with Crippen LogP contribution in [0.25, 0.3) is 0 Å². The second-order valence-electron chi connectivity index (χ2n) is 4.45. The van der Waals surface area contributed by atoms with Crippen LogP contribution in [0, 0.1) is 5.82 Å². The average molecular weight is 438 g/mol. The Morgan fingerprint density at radius 2 is 1.81 bits per heavy atom. The molecule has 0 fully saturated rings. The zero-order chi connectivity index (χ0) is 15.4. The molecule has 0 aliphatic heterocycles. The first-order valence-corrected chi connectivity index (χ1v) is 8.22. The zero-order valence-corrected chi connectivity index (χ0v) is 14.9. The van der Waals surface area contributed by atoms with Gasteiger partial charge in [-0.3, -0.25) is 0 Å². The van der Waals surface area contributed by atoms with Crippen molar-refractivity contribution in [3.8, 4) is 5.75 Å². The molecule has 6 heteroatoms. The van der Waals surface area contributed by atoms with Gasteiger partial charge in [0, 0.05) is 10.6 Å². The normalized spacial score (nSPS) is 10.7. The van der Waals surface area contributed by atoms with E-state index in [2.05, 4.69) is 31.9 Å². The van der Waals surface area contributed by atoms with Crippen LogP contribution in [0.5, 0.6) is 5.75 Å². The van der Waals surface area contributed by atoms with Crippen molar-refractivity contribution in [2.24, 2.45) is 5.73 Å². The predicted molar refractivity (Wildman–Crippen MR) is 90.3 cm³/mol. The standard InChI is InChI=1S/C15H13Br2ClFNO/c16-12-5-9(3-4-20)6-13(17)15(12)21-8-10-1-2-11(18)7-14(10)19/h1-2,5-7H,3-4,8,20H2. The Bertz CT molecular complexity index is 629. The summed E-state index contributed by atoms with van der Waals surface area (Å²) >= 11 is 12.6. The Kier molecular flexibility index (Phi) is 6.05. The molecule has 0 unspecified atom stereocenters. The van der Waals surface area contributed by atoms with Crippen molar-refractivity contribution in [1.82, 2.24) is 0 Å². The molecule has 2 aromatic rings. The summed E-state index contributed by atoms with van der Waals surface area (Å²) in [5.41, 5.74) is 7.09. The summed E-state index contributed by atoms with van der Waals surface area (Å²) in [6.07, 6.45) is 0.781. The monoisotopic (exact) mass is 435 g/mol. The number of nitrogens with two attached hydrogens (primary N) is 1. The fourth-order valence-electron chi connectivity index (χ4n) is 1.85. The summed E-state index contributed by atoms with van der Waals surface area (Å²) < 4.78 is 21.0. The molecule has 0 heterocycles. The number of benzene rings is 2. The topological polar surface area (TPSA) is 35.2 Å². The van der Waals surface area contributed by atoms with E-state index in [1.165, 1.54) is 6.07 Å². The average Bonchev–Trinajstić information content (AvgIpc) is 2.40. The molecular formula is C15H13Br2ClFNO. The summed E-state index contributed by atoms with van der Waals surface area (Å²) in [5.74, 6) is 0.250. The third kappa shape index (κ3) is 4.42. The first kappa shape index (κ1) is 16.7. The van der Waals surface area contributed by atoms with Gasteiger partial charge in [-0.1, -0.05) is 17.7 Å². The highest BCUT2D eigenvalue weighted by atomic mass is 79.9. The van der Waals surface area contributed by atoms with Crippen LogP contribution in [0.4, 0.5) is 4.39 Å². The molecule has 0 aliphatic rings. The Morgan fingerprint density at radius 3 is 2.38 bits per heavy atom. The molecule has 0 atom stereocenters. The van der Waals surface area contributed by atoms with Crippen LogP contribution in [-0.2, 0) is 13.0 Å². The summed E-state index contributed by atoms with van der Waals surface area (Å²) in [4.78, 5) is 0. The van der Waals surface area contributed by atoms with Gasteiger partial charge in [0.1, 0.15) is 18.2 Å². The lowest BCUT2D eigenvalue weighted by Crippen LogP contribution is -2.04. The largest absolute Gasteiger partial charge is 0.486 e. The molecule has 2 rings (SSSR count). The van der Waals surface area contributed by atoms with E-state index in [-0.39, 0.29) is 12.4 Å². The Labute approximate surface area is 144 Å². The molecule has 0 spiro atoms. The number of rotatable bonds is 5. The maximum absolute atomic E-state index is 13.7. The van der Waals surface area contributed by atoms with E-state index in [0.717, 1.165) is 20.9 Å². The van der Waals surface area contributed by atoms with Crippen molar-refractivity contribution >= 4 is 43.5 Å². The van der Waals surface area contributed by atoms with Crippen LogP contribution in [0.1, 0.15) is 11.1 Å². The summed E-state index contributed by atoms with van der Waals surface area (Å²) in [5, 5.41) is 0.366. The summed E-state index contributed by atoms with van der Waals surface area (Å²) in [6, 6.07) is 8.42. The molecule has 2 N–H and O–H groups in total. The molecule has 2 aromatic carbocycles. The van der Waals surface area contributed by atoms with Gasteiger partial charge in [-0.2, -0.15) is 0 Å². The minimum absolute atomic E-state index is 0.121. The highest BCUT2D eigenvalue weighted by Crippen LogP contribution is 2.35. The van der Waals surface area contributed by atoms with E-state index in [0.29, 0.717) is 22.9 Å². The molecule has 0 amide bonds. The zero-order valence-electron chi connectivity index (χ0n) is 11.0. The highest BCUT2D eigenvalue weighted by molar-refractivity contribution is 9.11. The Morgan fingerprint density at radius 1 is 1.14 bits per heavy atom. The van der Waals surface area contributed by atoms with E-state index in [1.54, 1.807) is 12.1 Å². The SMILES string of the molecule is NCCc1cc(Br)c(OCc2ccc(Cl)cc2F)c(Br)c1. The second kappa shape index (κ2) is 7.58. The smallest absolute Gasteiger partial charge is 0.148 e. The highest BCUT2D eigenvalue weighted by Gasteiger charge is 2.11. The number of halogens is 4. The fraction of sp³-hybridized carbons (Fsp3) is 0.200. The van der Waals surface area contributed by atoms with Gasteiger partial charge in [-0.25, -0.2) is 4.39 Å². The molecule has 0 saturated heterocycles. The van der Waals surface area contributed by atoms with Crippen LogP contribution in [0.3, 0.4) is 0 Å². The van der Waals surface area contributed by atoms with E-state index in [1.807, 2.05) is 12.1 Å². The van der Waals surface area contributed by atoms with Crippen LogP contribution in [0.2, 0.25) is 5.02 Å². The van der Waals surface area contributed by atoms with Crippen molar-refractivity contribution in [2.45, 2.75) is 13.0 Å². The summed E-state index contributed by atoms with van der Waals surface area (Å²) in [7, 11) is 0. The van der Waals surface area contributed by atoms with Crippen molar-refractivity contribution in [1.29, 1.82) is 0 Å². The van der Waals surface area contributed by atoms with Gasteiger partial charge in [0.15, 0.2) is 0 Å². The van der Waals surface area contributed by atoms with E-state index >= 15 is 0 Å². The minimum Gasteiger partial charge on any atom is -0.486 e. The molecule has 0 aliphatic carbocycles. The Balaban J connectivity index is 2.16. The molecule has 0 saturated carbocycles. The van der Waals surface area contributed by atoms with Crippen molar-refractivity contribution in [2.75, 3.05) is 6.54 Å².